The van der Waals surface area contributed by atoms with Crippen LogP contribution in [-0.4, -0.2) is 23.4 Å². The fourth-order valence-electron chi connectivity index (χ4n) is 2.33. The molecule has 3 aromatic rings. The van der Waals surface area contributed by atoms with Crippen LogP contribution in [-0.2, 0) is 16.6 Å². The van der Waals surface area contributed by atoms with Crippen LogP contribution in [0.25, 0.3) is 0 Å². The second-order valence-electron chi connectivity index (χ2n) is 5.24. The van der Waals surface area contributed by atoms with Crippen LogP contribution < -0.4 is 4.72 Å². The fourth-order valence-corrected chi connectivity index (χ4v) is 3.64. The maximum Gasteiger partial charge on any atom is 0.244 e. The third-order valence-corrected chi connectivity index (χ3v) is 4.98. The van der Waals surface area contributed by atoms with Gasteiger partial charge in [0.1, 0.15) is 16.5 Å². The topological polar surface area (TPSA) is 76.9 Å². The van der Waals surface area contributed by atoms with E-state index in [-0.39, 0.29) is 6.54 Å². The Bertz CT molecular complexity index is 948. The zero-order valence-electron chi connectivity index (χ0n) is 12.9. The Hall–Kier alpha value is -2.65. The van der Waals surface area contributed by atoms with Gasteiger partial charge >= 0.3 is 0 Å². The number of halogens is 2. The SMILES string of the molecule is O=S(=O)(NC(Cn1nccn1)c1ccccc1)c1cc(F)ccc1F. The molecule has 0 radical (unpaired) electrons. The number of rotatable bonds is 6. The summed E-state index contributed by atoms with van der Waals surface area (Å²) in [6.07, 6.45) is 2.92. The summed E-state index contributed by atoms with van der Waals surface area (Å²) < 4.78 is 54.7. The summed E-state index contributed by atoms with van der Waals surface area (Å²) >= 11 is 0. The molecule has 9 heteroatoms. The molecule has 0 fully saturated rings. The summed E-state index contributed by atoms with van der Waals surface area (Å²) in [5, 5.41) is 7.91. The van der Waals surface area contributed by atoms with E-state index in [4.69, 9.17) is 0 Å². The van der Waals surface area contributed by atoms with Gasteiger partial charge in [0.2, 0.25) is 10.0 Å². The molecule has 0 amide bonds. The summed E-state index contributed by atoms with van der Waals surface area (Å²) in [4.78, 5) is 0.559. The minimum Gasteiger partial charge on any atom is -0.207 e. The summed E-state index contributed by atoms with van der Waals surface area (Å²) in [5.41, 5.74) is 0.639. The molecular formula is C16H14F2N4O2S. The first-order valence-corrected chi connectivity index (χ1v) is 8.80. The summed E-state index contributed by atoms with van der Waals surface area (Å²) in [6.45, 7) is 0.0905. The number of aromatic nitrogens is 3. The Morgan fingerprint density at radius 2 is 1.72 bits per heavy atom. The standard InChI is InChI=1S/C16H14F2N4O2S/c17-13-6-7-14(18)16(10-13)25(23,24)21-15(11-22-19-8-9-20-22)12-4-2-1-3-5-12/h1-10,15,21H,11H2. The van der Waals surface area contributed by atoms with Crippen molar-refractivity contribution in [3.63, 3.8) is 0 Å². The molecule has 1 heterocycles. The molecule has 0 saturated heterocycles. The Morgan fingerprint density at radius 3 is 2.40 bits per heavy atom. The van der Waals surface area contributed by atoms with Gasteiger partial charge in [0.15, 0.2) is 0 Å². The monoisotopic (exact) mass is 364 g/mol. The van der Waals surface area contributed by atoms with E-state index in [1.165, 1.54) is 17.2 Å². The predicted octanol–water partition coefficient (Wildman–Crippen LogP) is 2.28. The highest BCUT2D eigenvalue weighted by atomic mass is 32.2. The van der Waals surface area contributed by atoms with Gasteiger partial charge in [-0.25, -0.2) is 21.9 Å². The highest BCUT2D eigenvalue weighted by molar-refractivity contribution is 7.89. The van der Waals surface area contributed by atoms with Crippen LogP contribution in [0.3, 0.4) is 0 Å². The quantitative estimate of drug-likeness (QED) is 0.728. The zero-order valence-corrected chi connectivity index (χ0v) is 13.7. The van der Waals surface area contributed by atoms with E-state index in [2.05, 4.69) is 14.9 Å². The predicted molar refractivity (Wildman–Crippen MR) is 85.9 cm³/mol. The van der Waals surface area contributed by atoms with Crippen molar-refractivity contribution in [2.45, 2.75) is 17.5 Å². The van der Waals surface area contributed by atoms with E-state index in [1.54, 1.807) is 30.3 Å². The Morgan fingerprint density at radius 1 is 1.04 bits per heavy atom. The van der Waals surface area contributed by atoms with Crippen molar-refractivity contribution in [1.82, 2.24) is 19.7 Å². The van der Waals surface area contributed by atoms with Crippen LogP contribution in [0, 0.1) is 11.6 Å². The third kappa shape index (κ3) is 4.06. The molecule has 130 valence electrons. The molecule has 3 rings (SSSR count). The van der Waals surface area contributed by atoms with E-state index in [0.29, 0.717) is 11.6 Å². The zero-order chi connectivity index (χ0) is 17.9. The first-order valence-electron chi connectivity index (χ1n) is 7.32. The first kappa shape index (κ1) is 17.2. The van der Waals surface area contributed by atoms with E-state index in [9.17, 15) is 17.2 Å². The van der Waals surface area contributed by atoms with Crippen molar-refractivity contribution >= 4 is 10.0 Å². The first-order chi connectivity index (χ1) is 12.0. The van der Waals surface area contributed by atoms with Gasteiger partial charge in [0.05, 0.1) is 25.0 Å². The van der Waals surface area contributed by atoms with Crippen molar-refractivity contribution in [3.05, 3.63) is 78.1 Å². The normalized spacial score (nSPS) is 12.9. The minimum absolute atomic E-state index is 0.0905. The van der Waals surface area contributed by atoms with E-state index >= 15 is 0 Å². The van der Waals surface area contributed by atoms with Gasteiger partial charge in [-0.2, -0.15) is 15.0 Å². The lowest BCUT2D eigenvalue weighted by atomic mass is 10.1. The summed E-state index contributed by atoms with van der Waals surface area (Å²) in [7, 11) is -4.30. The van der Waals surface area contributed by atoms with Gasteiger partial charge in [0.25, 0.3) is 0 Å². The second kappa shape index (κ2) is 7.08. The van der Waals surface area contributed by atoms with Crippen LogP contribution in [0.15, 0.2) is 65.8 Å². The molecule has 1 N–H and O–H groups in total. The summed E-state index contributed by atoms with van der Waals surface area (Å²) in [6, 6.07) is 10.2. The average molecular weight is 364 g/mol. The number of sulfonamides is 1. The van der Waals surface area contributed by atoms with Crippen LogP contribution in [0.4, 0.5) is 8.78 Å². The van der Waals surface area contributed by atoms with Gasteiger partial charge in [-0.1, -0.05) is 30.3 Å². The van der Waals surface area contributed by atoms with E-state index in [0.717, 1.165) is 12.1 Å². The molecule has 0 saturated carbocycles. The van der Waals surface area contributed by atoms with E-state index in [1.807, 2.05) is 0 Å². The molecule has 1 atom stereocenters. The molecule has 0 aliphatic rings. The molecule has 0 aliphatic carbocycles. The van der Waals surface area contributed by atoms with Gasteiger partial charge in [-0.05, 0) is 23.8 Å². The average Bonchev–Trinajstić information content (AvgIpc) is 3.10. The molecule has 1 aromatic heterocycles. The molecule has 1 unspecified atom stereocenters. The number of hydrogen-bond donors (Lipinski definition) is 1. The maximum atomic E-state index is 13.9. The van der Waals surface area contributed by atoms with Gasteiger partial charge < -0.3 is 0 Å². The number of benzene rings is 2. The van der Waals surface area contributed by atoms with Crippen molar-refractivity contribution in [1.29, 1.82) is 0 Å². The molecule has 0 aliphatic heterocycles. The lowest BCUT2D eigenvalue weighted by Gasteiger charge is -2.19. The lowest BCUT2D eigenvalue weighted by Crippen LogP contribution is -2.32. The Balaban J connectivity index is 1.95. The van der Waals surface area contributed by atoms with Crippen molar-refractivity contribution < 1.29 is 17.2 Å². The van der Waals surface area contributed by atoms with Crippen molar-refractivity contribution in [2.75, 3.05) is 0 Å². The van der Waals surface area contributed by atoms with Crippen LogP contribution in [0.5, 0.6) is 0 Å². The van der Waals surface area contributed by atoms with Gasteiger partial charge in [-0.3, -0.25) is 0 Å². The molecular weight excluding hydrogens is 350 g/mol. The second-order valence-corrected chi connectivity index (χ2v) is 6.93. The Labute approximate surface area is 143 Å². The van der Waals surface area contributed by atoms with Crippen molar-refractivity contribution in [3.8, 4) is 0 Å². The van der Waals surface area contributed by atoms with Crippen LogP contribution in [0.2, 0.25) is 0 Å². The largest absolute Gasteiger partial charge is 0.244 e. The minimum atomic E-state index is -4.30. The lowest BCUT2D eigenvalue weighted by molar-refractivity contribution is 0.443. The summed E-state index contributed by atoms with van der Waals surface area (Å²) in [5.74, 6) is -1.87. The van der Waals surface area contributed by atoms with E-state index < -0.39 is 32.6 Å². The van der Waals surface area contributed by atoms with Crippen LogP contribution >= 0.6 is 0 Å². The fraction of sp³-hybridized carbons (Fsp3) is 0.125. The van der Waals surface area contributed by atoms with Gasteiger partial charge in [0, 0.05) is 0 Å². The number of hydrogen-bond acceptors (Lipinski definition) is 4. The number of nitrogens with zero attached hydrogens (tertiary/aromatic N) is 3. The molecule has 25 heavy (non-hydrogen) atoms. The molecule has 0 bridgehead atoms. The Kier molecular flexibility index (Phi) is 4.86. The van der Waals surface area contributed by atoms with Crippen molar-refractivity contribution in [2.24, 2.45) is 0 Å². The molecule has 2 aromatic carbocycles. The maximum absolute atomic E-state index is 13.9. The highest BCUT2D eigenvalue weighted by Gasteiger charge is 2.25. The smallest absolute Gasteiger partial charge is 0.207 e. The number of nitrogens with one attached hydrogen (secondary N) is 1. The van der Waals surface area contributed by atoms with Crippen LogP contribution in [0.1, 0.15) is 11.6 Å². The third-order valence-electron chi connectivity index (χ3n) is 3.49. The molecule has 6 nitrogen and oxygen atoms in total. The highest BCUT2D eigenvalue weighted by Crippen LogP contribution is 2.21. The van der Waals surface area contributed by atoms with Gasteiger partial charge in [-0.15, -0.1) is 0 Å². The molecule has 0 spiro atoms.